The van der Waals surface area contributed by atoms with Crippen molar-refractivity contribution in [3.63, 3.8) is 0 Å². The normalized spacial score (nSPS) is 11.5. The maximum absolute atomic E-state index is 2.40. The van der Waals surface area contributed by atoms with Crippen molar-refractivity contribution in [2.45, 2.75) is 92.0 Å². The second-order valence-corrected chi connectivity index (χ2v) is 29.2. The summed E-state index contributed by atoms with van der Waals surface area (Å²) in [7, 11) is -1.21. The predicted molar refractivity (Wildman–Crippen MR) is 213 cm³/mol. The molecular weight excluding hydrogens is 747 g/mol. The predicted octanol–water partition coefficient (Wildman–Crippen LogP) is 7.12. The Bertz CT molecular complexity index is 1900. The van der Waals surface area contributed by atoms with Gasteiger partial charge in [0.15, 0.2) is 0 Å². The molecule has 0 N–H and O–H groups in total. The van der Waals surface area contributed by atoms with Crippen LogP contribution in [-0.2, 0) is 23.3 Å². The van der Waals surface area contributed by atoms with Gasteiger partial charge >= 0.3 is 41.9 Å². The maximum Gasteiger partial charge on any atom is 0.0775 e. The van der Waals surface area contributed by atoms with E-state index in [4.69, 9.17) is 0 Å². The first kappa shape index (κ1) is 43.2. The summed E-state index contributed by atoms with van der Waals surface area (Å²) in [6, 6.07) is 40.9. The minimum atomic E-state index is -1.21. The first-order chi connectivity index (χ1) is 22.3. The van der Waals surface area contributed by atoms with Gasteiger partial charge in [-0.25, -0.2) is 0 Å². The molecular formula is C44H54Cl2Si2Zr-2. The third kappa shape index (κ3) is 11.8. The van der Waals surface area contributed by atoms with E-state index in [1.54, 1.807) is 23.3 Å². The second kappa shape index (κ2) is 19.6. The van der Waals surface area contributed by atoms with Crippen LogP contribution in [0.4, 0.5) is 0 Å². The van der Waals surface area contributed by atoms with Gasteiger partial charge in [-0.1, -0.05) is 138 Å². The molecule has 1 unspecified atom stereocenters. The molecule has 49 heavy (non-hydrogen) atoms. The van der Waals surface area contributed by atoms with Gasteiger partial charge < -0.3 is 24.8 Å². The summed E-state index contributed by atoms with van der Waals surface area (Å²) in [5.74, 6) is 1.23. The van der Waals surface area contributed by atoms with Crippen LogP contribution in [0.5, 0.6) is 0 Å². The Morgan fingerprint density at radius 2 is 1.16 bits per heavy atom. The van der Waals surface area contributed by atoms with Crippen molar-refractivity contribution in [1.82, 2.24) is 0 Å². The molecule has 0 heterocycles. The van der Waals surface area contributed by atoms with Crippen molar-refractivity contribution in [1.29, 1.82) is 0 Å². The number of halogens is 2. The Morgan fingerprint density at radius 3 is 1.63 bits per heavy atom. The third-order valence-electron chi connectivity index (χ3n) is 8.91. The summed E-state index contributed by atoms with van der Waals surface area (Å²) >= 11 is 1.74. The molecule has 0 aromatic heterocycles. The molecule has 0 radical (unpaired) electrons. The van der Waals surface area contributed by atoms with Gasteiger partial charge in [-0.2, -0.15) is 12.1 Å². The van der Waals surface area contributed by atoms with Crippen LogP contribution in [0.1, 0.15) is 69.1 Å². The van der Waals surface area contributed by atoms with Crippen molar-refractivity contribution in [3.05, 3.63) is 126 Å². The van der Waals surface area contributed by atoms with Crippen LogP contribution in [0, 0.1) is 6.92 Å². The van der Waals surface area contributed by atoms with Gasteiger partial charge in [0.2, 0.25) is 0 Å². The Hall–Kier alpha value is -2.00. The number of hydrogen-bond acceptors (Lipinski definition) is 0. The molecule has 0 aliphatic rings. The summed E-state index contributed by atoms with van der Waals surface area (Å²) in [4.78, 5) is 0. The van der Waals surface area contributed by atoms with Gasteiger partial charge in [0.25, 0.3) is 0 Å². The van der Waals surface area contributed by atoms with Gasteiger partial charge in [-0.05, 0) is 34.9 Å². The molecule has 0 fully saturated rings. The van der Waals surface area contributed by atoms with Crippen molar-refractivity contribution in [2.24, 2.45) is 0 Å². The summed E-state index contributed by atoms with van der Waals surface area (Å²) in [5, 5.41) is 6.99. The zero-order valence-electron chi connectivity index (χ0n) is 31.2. The molecule has 0 aliphatic heterocycles. The third-order valence-corrected chi connectivity index (χ3v) is 11.0. The number of rotatable bonds is 7. The van der Waals surface area contributed by atoms with Crippen LogP contribution in [0.25, 0.3) is 43.8 Å². The van der Waals surface area contributed by atoms with Gasteiger partial charge in [-0.15, -0.1) is 69.1 Å². The standard InChI is InChI=1S/C23H27.C19H21Si.C2H6Si.2ClH.Zr/c1-5-7-17(4)21-14-20-8-6-9-22(23(20)15-21)19-12-10-18(11-13-19)16(2)3;1-14-12-16-6-5-7-18(19(16)13-14)15-8-10-17(11-9-15)20(2,3)4;1-3-2;;;/h6,8-17H,5,7H2,1-4H3;5-13H,1-4H3;1-2H3;2*1H;/q2*-1;;;;+2/p-2. The monoisotopic (exact) mass is 798 g/mol. The van der Waals surface area contributed by atoms with Crippen LogP contribution >= 0.6 is 0 Å². The SMILES string of the molecule is CCCC(C)c1cc2c(-c3ccc(C(C)C)cc3)cccc2[cH-]1.C[Si](C)=[Zr+2].Cc1cc2c(-c3ccc([Si](C)(C)C)cc3)cccc2[cH-]1.[Cl-].[Cl-]. The Kier molecular flexibility index (Phi) is 17.2. The van der Waals surface area contributed by atoms with Crippen LogP contribution < -0.4 is 30.0 Å². The molecule has 6 aromatic rings. The van der Waals surface area contributed by atoms with Gasteiger partial charge in [-0.3, -0.25) is 0 Å². The van der Waals surface area contributed by atoms with Crippen LogP contribution in [0.15, 0.2) is 109 Å². The average Bonchev–Trinajstić information content (AvgIpc) is 3.64. The second-order valence-electron chi connectivity index (χ2n) is 14.7. The van der Waals surface area contributed by atoms with Crippen molar-refractivity contribution in [2.75, 3.05) is 0 Å². The van der Waals surface area contributed by atoms with E-state index in [-0.39, 0.29) is 30.2 Å². The fraction of sp³-hybridized carbons (Fsp3) is 0.318. The van der Waals surface area contributed by atoms with E-state index in [9.17, 15) is 0 Å². The van der Waals surface area contributed by atoms with Crippen molar-refractivity contribution in [3.8, 4) is 22.3 Å². The first-order valence-electron chi connectivity index (χ1n) is 17.4. The molecule has 6 rings (SSSR count). The largest absolute Gasteiger partial charge is 1.00 e. The number of aryl methyl sites for hydroxylation is 1. The molecule has 0 spiro atoms. The molecule has 0 bridgehead atoms. The molecule has 0 aliphatic carbocycles. The van der Waals surface area contributed by atoms with Gasteiger partial charge in [0.05, 0.1) is 8.07 Å². The molecule has 1 atom stereocenters. The quantitative estimate of drug-likeness (QED) is 0.119. The van der Waals surface area contributed by atoms with E-state index in [0.717, 1.165) is 0 Å². The molecule has 0 saturated carbocycles. The van der Waals surface area contributed by atoms with Crippen molar-refractivity contribution < 1.29 is 48.1 Å². The summed E-state index contributed by atoms with van der Waals surface area (Å²) in [5.41, 5.74) is 9.77. The molecule has 0 nitrogen and oxygen atoms in total. The molecule has 6 aromatic carbocycles. The Morgan fingerprint density at radius 1 is 0.694 bits per heavy atom. The van der Waals surface area contributed by atoms with E-state index in [1.807, 2.05) is 0 Å². The van der Waals surface area contributed by atoms with E-state index in [1.165, 1.54) is 78.5 Å². The smallest absolute Gasteiger partial charge is 0.0775 e. The van der Waals surface area contributed by atoms with Gasteiger partial charge in [0, 0.05) is 0 Å². The zero-order chi connectivity index (χ0) is 34.3. The first-order valence-corrected chi connectivity index (χ1v) is 27.1. The fourth-order valence-corrected chi connectivity index (χ4v) is 7.39. The average molecular weight is 801 g/mol. The molecule has 5 heteroatoms. The van der Waals surface area contributed by atoms with E-state index in [0.29, 0.717) is 11.8 Å². The summed E-state index contributed by atoms with van der Waals surface area (Å²) < 4.78 is 0. The minimum Gasteiger partial charge on any atom is -1.00 e. The Balaban J connectivity index is 0.000000298. The van der Waals surface area contributed by atoms with E-state index >= 15 is 0 Å². The maximum atomic E-state index is 2.40. The van der Waals surface area contributed by atoms with E-state index < -0.39 is 8.07 Å². The minimum absolute atomic E-state index is 0. The molecule has 0 amide bonds. The topological polar surface area (TPSA) is 0 Å². The van der Waals surface area contributed by atoms with Gasteiger partial charge in [0.1, 0.15) is 0 Å². The number of hydrogen-bond donors (Lipinski definition) is 0. The van der Waals surface area contributed by atoms with Crippen LogP contribution in [0.3, 0.4) is 0 Å². The van der Waals surface area contributed by atoms with Crippen LogP contribution in [-0.4, -0.2) is 13.5 Å². The number of fused-ring (bicyclic) bond motifs is 2. The van der Waals surface area contributed by atoms with Crippen LogP contribution in [0.2, 0.25) is 32.7 Å². The zero-order valence-corrected chi connectivity index (χ0v) is 37.2. The molecule has 258 valence electrons. The summed E-state index contributed by atoms with van der Waals surface area (Å²) in [6.07, 6.45) is 2.50. The molecule has 0 saturated heterocycles. The summed E-state index contributed by atoms with van der Waals surface area (Å²) in [6.45, 7) is 23.1. The fourth-order valence-electron chi connectivity index (χ4n) is 6.23. The Labute approximate surface area is 326 Å². The van der Waals surface area contributed by atoms with Crippen molar-refractivity contribution >= 4 is 40.2 Å². The van der Waals surface area contributed by atoms with E-state index in [2.05, 4.69) is 177 Å². The number of benzene rings is 4.